The van der Waals surface area contributed by atoms with E-state index in [2.05, 4.69) is 30.1 Å². The molecule has 0 radical (unpaired) electrons. The third-order valence-corrected chi connectivity index (χ3v) is 5.98. The van der Waals surface area contributed by atoms with E-state index in [1.54, 1.807) is 37.5 Å². The zero-order valence-electron chi connectivity index (χ0n) is 21.0. The number of benzene rings is 4. The fraction of sp³-hybridized carbons (Fsp3) is 0.125. The van der Waals surface area contributed by atoms with Gasteiger partial charge in [0.05, 0.1) is 7.11 Å². The molecule has 4 rings (SSSR count). The lowest BCUT2D eigenvalue weighted by atomic mass is 10.0. The molecule has 0 spiro atoms. The van der Waals surface area contributed by atoms with Crippen LogP contribution in [-0.2, 0) is 17.8 Å². The zero-order valence-corrected chi connectivity index (χ0v) is 21.0. The summed E-state index contributed by atoms with van der Waals surface area (Å²) in [6.07, 6.45) is 3.86. The number of nitrogens with one attached hydrogen (secondary N) is 1. The van der Waals surface area contributed by atoms with Gasteiger partial charge in [-0.2, -0.15) is 5.26 Å². The molecule has 0 aliphatic rings. The first-order chi connectivity index (χ1) is 18.0. The molecule has 0 unspecified atom stereocenters. The Labute approximate surface area is 217 Å². The van der Waals surface area contributed by atoms with Crippen molar-refractivity contribution in [3.05, 3.63) is 119 Å². The third-order valence-electron chi connectivity index (χ3n) is 5.98. The molecule has 5 nitrogen and oxygen atoms in total. The van der Waals surface area contributed by atoms with E-state index in [1.807, 2.05) is 55.5 Å². The zero-order chi connectivity index (χ0) is 26.2. The second-order valence-electron chi connectivity index (χ2n) is 8.62. The first kappa shape index (κ1) is 25.3. The quantitative estimate of drug-likeness (QED) is 0.156. The predicted molar refractivity (Wildman–Crippen MR) is 149 cm³/mol. The number of rotatable bonds is 9. The van der Waals surface area contributed by atoms with Gasteiger partial charge in [0.25, 0.3) is 5.91 Å². The molecular formula is C32H28N2O3. The minimum absolute atomic E-state index is 0.0170. The molecule has 0 aliphatic heterocycles. The number of anilines is 1. The lowest BCUT2D eigenvalue weighted by Gasteiger charge is -2.17. The van der Waals surface area contributed by atoms with Gasteiger partial charge in [0.1, 0.15) is 18.2 Å². The number of nitrogens with zero attached hydrogens (tertiary/aromatic N) is 1. The maximum Gasteiger partial charge on any atom is 0.266 e. The topological polar surface area (TPSA) is 71.4 Å². The Bertz CT molecular complexity index is 1510. The Morgan fingerprint density at radius 2 is 1.78 bits per heavy atom. The average molecular weight is 489 g/mol. The second kappa shape index (κ2) is 11.7. The Morgan fingerprint density at radius 3 is 2.51 bits per heavy atom. The molecule has 37 heavy (non-hydrogen) atoms. The minimum Gasteiger partial charge on any atom is -0.493 e. The summed E-state index contributed by atoms with van der Waals surface area (Å²) in [7, 11) is 1.57. The molecule has 0 saturated carbocycles. The summed E-state index contributed by atoms with van der Waals surface area (Å²) in [4.78, 5) is 12.8. The van der Waals surface area contributed by atoms with Crippen LogP contribution in [0, 0.1) is 18.3 Å². The van der Waals surface area contributed by atoms with E-state index in [0.29, 0.717) is 35.8 Å². The van der Waals surface area contributed by atoms with Crippen molar-refractivity contribution in [2.75, 3.05) is 12.4 Å². The van der Waals surface area contributed by atoms with Crippen LogP contribution < -0.4 is 14.8 Å². The smallest absolute Gasteiger partial charge is 0.266 e. The van der Waals surface area contributed by atoms with Crippen LogP contribution in [0.25, 0.3) is 16.8 Å². The number of carbonyl (C=O) groups excluding carboxylic acids is 1. The lowest BCUT2D eigenvalue weighted by Crippen LogP contribution is -2.13. The summed E-state index contributed by atoms with van der Waals surface area (Å²) in [5.74, 6) is 0.643. The summed E-state index contributed by atoms with van der Waals surface area (Å²) in [6.45, 7) is 6.20. The molecule has 0 aliphatic carbocycles. The Hall–Kier alpha value is -4.82. The Balaban J connectivity index is 1.63. The van der Waals surface area contributed by atoms with Gasteiger partial charge in [-0.05, 0) is 65.6 Å². The Kier molecular flexibility index (Phi) is 8.02. The van der Waals surface area contributed by atoms with Crippen LogP contribution in [0.1, 0.15) is 22.3 Å². The van der Waals surface area contributed by atoms with Crippen LogP contribution in [0.3, 0.4) is 0 Å². The maximum absolute atomic E-state index is 12.8. The number of allylic oxidation sites excluding steroid dienone is 1. The Morgan fingerprint density at radius 1 is 1.03 bits per heavy atom. The molecule has 1 amide bonds. The van der Waals surface area contributed by atoms with Gasteiger partial charge in [-0.1, -0.05) is 66.2 Å². The summed E-state index contributed by atoms with van der Waals surface area (Å²) >= 11 is 0. The van der Waals surface area contributed by atoms with Crippen molar-refractivity contribution in [2.24, 2.45) is 0 Å². The maximum atomic E-state index is 12.8. The van der Waals surface area contributed by atoms with E-state index in [-0.39, 0.29) is 5.57 Å². The van der Waals surface area contributed by atoms with Crippen LogP contribution in [0.2, 0.25) is 0 Å². The van der Waals surface area contributed by atoms with E-state index in [9.17, 15) is 10.1 Å². The average Bonchev–Trinajstić information content (AvgIpc) is 2.92. The highest BCUT2D eigenvalue weighted by Crippen LogP contribution is 2.35. The molecule has 5 heteroatoms. The van der Waals surface area contributed by atoms with Crippen molar-refractivity contribution in [1.82, 2.24) is 0 Å². The molecule has 0 bridgehead atoms. The minimum atomic E-state index is -0.480. The highest BCUT2D eigenvalue weighted by Gasteiger charge is 2.15. The molecule has 0 heterocycles. The third kappa shape index (κ3) is 6.06. The van der Waals surface area contributed by atoms with E-state index >= 15 is 0 Å². The van der Waals surface area contributed by atoms with Gasteiger partial charge >= 0.3 is 0 Å². The van der Waals surface area contributed by atoms with Gasteiger partial charge in [0, 0.05) is 11.3 Å². The molecule has 0 aromatic heterocycles. The highest BCUT2D eigenvalue weighted by molar-refractivity contribution is 6.09. The first-order valence-corrected chi connectivity index (χ1v) is 11.9. The van der Waals surface area contributed by atoms with Crippen LogP contribution in [0.15, 0.2) is 97.1 Å². The fourth-order valence-corrected chi connectivity index (χ4v) is 4.11. The van der Waals surface area contributed by atoms with Crippen molar-refractivity contribution in [3.8, 4) is 17.6 Å². The van der Waals surface area contributed by atoms with Gasteiger partial charge < -0.3 is 14.8 Å². The highest BCUT2D eigenvalue weighted by atomic mass is 16.5. The molecule has 4 aromatic carbocycles. The van der Waals surface area contributed by atoms with E-state index < -0.39 is 5.91 Å². The number of hydrogen-bond donors (Lipinski definition) is 1. The molecule has 0 saturated heterocycles. The number of nitriles is 1. The van der Waals surface area contributed by atoms with Crippen molar-refractivity contribution < 1.29 is 14.3 Å². The standard InChI is InChI=1S/C32H28N2O3/c1-4-8-25-17-23(18-27(20-33)32(35)34-28-15-13-22(2)14-16-28)19-30(36-3)31(25)37-21-26-11-7-10-24-9-5-6-12-29(24)26/h4-7,9-19H,1,8,21H2,2-3H3,(H,34,35)/b27-18-. The monoisotopic (exact) mass is 488 g/mol. The van der Waals surface area contributed by atoms with Crippen molar-refractivity contribution in [1.29, 1.82) is 5.26 Å². The number of fused-ring (bicyclic) bond motifs is 1. The van der Waals surface area contributed by atoms with Crippen LogP contribution in [0.4, 0.5) is 5.69 Å². The van der Waals surface area contributed by atoms with E-state index in [1.165, 1.54) is 0 Å². The van der Waals surface area contributed by atoms with Crippen molar-refractivity contribution in [2.45, 2.75) is 20.0 Å². The lowest BCUT2D eigenvalue weighted by molar-refractivity contribution is -0.112. The van der Waals surface area contributed by atoms with Gasteiger partial charge in [-0.3, -0.25) is 4.79 Å². The second-order valence-corrected chi connectivity index (χ2v) is 8.62. The molecule has 0 fully saturated rings. The van der Waals surface area contributed by atoms with Gasteiger partial charge in [0.2, 0.25) is 0 Å². The van der Waals surface area contributed by atoms with E-state index in [4.69, 9.17) is 9.47 Å². The molecule has 184 valence electrons. The number of carbonyl (C=O) groups is 1. The summed E-state index contributed by atoms with van der Waals surface area (Å²) in [6, 6.07) is 27.4. The van der Waals surface area contributed by atoms with E-state index in [0.717, 1.165) is 27.5 Å². The van der Waals surface area contributed by atoms with Gasteiger partial charge in [0.15, 0.2) is 11.5 Å². The number of methoxy groups -OCH3 is 1. The SMILES string of the molecule is C=CCc1cc(/C=C(/C#N)C(=O)Nc2ccc(C)cc2)cc(OC)c1OCc1cccc2ccccc12. The predicted octanol–water partition coefficient (Wildman–Crippen LogP) is 7.01. The molecule has 4 aromatic rings. The fourth-order valence-electron chi connectivity index (χ4n) is 4.11. The number of ether oxygens (including phenoxy) is 2. The van der Waals surface area contributed by atoms with Gasteiger partial charge in [-0.15, -0.1) is 6.58 Å². The molecule has 0 atom stereocenters. The number of aryl methyl sites for hydroxylation is 1. The first-order valence-electron chi connectivity index (χ1n) is 11.9. The summed E-state index contributed by atoms with van der Waals surface area (Å²) < 4.78 is 11.9. The van der Waals surface area contributed by atoms with Crippen LogP contribution in [0.5, 0.6) is 11.5 Å². The van der Waals surface area contributed by atoms with Crippen LogP contribution >= 0.6 is 0 Å². The van der Waals surface area contributed by atoms with Gasteiger partial charge in [-0.25, -0.2) is 0 Å². The van der Waals surface area contributed by atoms with Crippen molar-refractivity contribution >= 4 is 28.4 Å². The largest absolute Gasteiger partial charge is 0.493 e. The molecular weight excluding hydrogens is 460 g/mol. The summed E-state index contributed by atoms with van der Waals surface area (Å²) in [5.41, 5.74) is 4.25. The van der Waals surface area contributed by atoms with Crippen molar-refractivity contribution in [3.63, 3.8) is 0 Å². The molecule has 1 N–H and O–H groups in total. The number of hydrogen-bond acceptors (Lipinski definition) is 4. The number of amides is 1. The normalized spacial score (nSPS) is 11.0. The summed E-state index contributed by atoms with van der Waals surface area (Å²) in [5, 5.41) is 14.7. The van der Waals surface area contributed by atoms with Crippen LogP contribution in [-0.4, -0.2) is 13.0 Å².